The third-order valence-electron chi connectivity index (χ3n) is 5.56. The Morgan fingerprint density at radius 3 is 2.82 bits per heavy atom. The summed E-state index contributed by atoms with van der Waals surface area (Å²) in [5.74, 6) is 0.658. The summed E-state index contributed by atoms with van der Waals surface area (Å²) in [5, 5.41) is 6.35. The molecule has 0 aromatic heterocycles. The van der Waals surface area contributed by atoms with E-state index in [4.69, 9.17) is 9.47 Å². The van der Waals surface area contributed by atoms with Crippen LogP contribution in [0.25, 0.3) is 0 Å². The maximum atomic E-state index is 12.9. The van der Waals surface area contributed by atoms with Gasteiger partial charge in [-0.05, 0) is 43.0 Å². The number of nitrogens with one attached hydrogen (secondary N) is 2. The van der Waals surface area contributed by atoms with Gasteiger partial charge in [-0.25, -0.2) is 0 Å². The molecule has 9 heteroatoms. The fourth-order valence-electron chi connectivity index (χ4n) is 4.15. The van der Waals surface area contributed by atoms with E-state index in [9.17, 15) is 18.0 Å². The predicted molar refractivity (Wildman–Crippen MR) is 101 cm³/mol. The van der Waals surface area contributed by atoms with E-state index in [0.717, 1.165) is 37.8 Å². The van der Waals surface area contributed by atoms with E-state index < -0.39 is 12.8 Å². The van der Waals surface area contributed by atoms with Crippen LogP contribution in [0, 0.1) is 11.3 Å². The van der Waals surface area contributed by atoms with Gasteiger partial charge >= 0.3 is 6.18 Å². The molecule has 1 aliphatic carbocycles. The number of methoxy groups -OCH3 is 1. The topological polar surface area (TPSA) is 59.6 Å². The van der Waals surface area contributed by atoms with E-state index in [0.29, 0.717) is 19.0 Å². The number of hydrogen-bond donors (Lipinski definition) is 2. The van der Waals surface area contributed by atoms with Crippen LogP contribution in [0.2, 0.25) is 0 Å². The highest BCUT2D eigenvalue weighted by Crippen LogP contribution is 2.44. The summed E-state index contributed by atoms with van der Waals surface area (Å²) in [7, 11) is 1.37. The Morgan fingerprint density at radius 1 is 1.32 bits per heavy atom. The zero-order valence-corrected chi connectivity index (χ0v) is 16.5. The molecule has 5 nitrogen and oxygen atoms in total. The lowest BCUT2D eigenvalue weighted by Gasteiger charge is -2.37. The van der Waals surface area contributed by atoms with Crippen LogP contribution in [-0.2, 0) is 11.3 Å². The number of carbonyl (C=O) groups excluding carboxylic acids is 1. The van der Waals surface area contributed by atoms with Crippen molar-refractivity contribution >= 4 is 18.3 Å². The second-order valence-corrected chi connectivity index (χ2v) is 7.30. The van der Waals surface area contributed by atoms with Crippen molar-refractivity contribution in [1.29, 1.82) is 0 Å². The zero-order valence-electron chi connectivity index (χ0n) is 15.7. The van der Waals surface area contributed by atoms with Gasteiger partial charge in [0.15, 0.2) is 18.1 Å². The van der Waals surface area contributed by atoms with Crippen LogP contribution in [-0.4, -0.2) is 38.9 Å². The van der Waals surface area contributed by atoms with Crippen LogP contribution in [0.1, 0.15) is 31.2 Å². The van der Waals surface area contributed by atoms with Crippen molar-refractivity contribution in [2.75, 3.05) is 26.8 Å². The molecule has 1 amide bonds. The highest BCUT2D eigenvalue weighted by Gasteiger charge is 2.49. The molecule has 2 aliphatic rings. The van der Waals surface area contributed by atoms with E-state index in [1.54, 1.807) is 12.1 Å². The van der Waals surface area contributed by atoms with Gasteiger partial charge in [-0.15, -0.1) is 12.4 Å². The van der Waals surface area contributed by atoms with E-state index >= 15 is 0 Å². The molecule has 0 bridgehead atoms. The monoisotopic (exact) mass is 422 g/mol. The lowest BCUT2D eigenvalue weighted by Crippen LogP contribution is -2.47. The van der Waals surface area contributed by atoms with Crippen LogP contribution in [0.4, 0.5) is 13.2 Å². The summed E-state index contributed by atoms with van der Waals surface area (Å²) in [6.07, 6.45) is -0.227. The van der Waals surface area contributed by atoms with E-state index in [-0.39, 0.29) is 35.2 Å². The summed E-state index contributed by atoms with van der Waals surface area (Å²) in [4.78, 5) is 12.9. The Labute approximate surface area is 168 Å². The number of amides is 1. The average Bonchev–Trinajstić information content (AvgIpc) is 3.09. The average molecular weight is 423 g/mol. The third-order valence-corrected chi connectivity index (χ3v) is 5.56. The molecule has 1 heterocycles. The molecule has 2 fully saturated rings. The predicted octanol–water partition coefficient (Wildman–Crippen LogP) is 3.45. The Morgan fingerprint density at radius 2 is 2.11 bits per heavy atom. The van der Waals surface area contributed by atoms with Crippen LogP contribution in [0.15, 0.2) is 18.2 Å². The maximum Gasteiger partial charge on any atom is 0.422 e. The van der Waals surface area contributed by atoms with Gasteiger partial charge in [-0.3, -0.25) is 4.79 Å². The van der Waals surface area contributed by atoms with Crippen molar-refractivity contribution in [3.8, 4) is 11.5 Å². The van der Waals surface area contributed by atoms with Gasteiger partial charge in [0.25, 0.3) is 0 Å². The van der Waals surface area contributed by atoms with Crippen molar-refractivity contribution < 1.29 is 27.4 Å². The zero-order chi connectivity index (χ0) is 19.5. The van der Waals surface area contributed by atoms with Gasteiger partial charge in [0.2, 0.25) is 5.91 Å². The minimum atomic E-state index is -4.41. The van der Waals surface area contributed by atoms with E-state index in [2.05, 4.69) is 10.6 Å². The number of alkyl halides is 3. The molecule has 1 aromatic rings. The SMILES string of the molecule is COc1cc(CNC(=O)[C@@]23CCCC[C@H]2CNC3)ccc1OCC(F)(F)F.Cl. The summed E-state index contributed by atoms with van der Waals surface area (Å²) >= 11 is 0. The molecule has 1 saturated heterocycles. The Kier molecular flexibility index (Phi) is 7.45. The van der Waals surface area contributed by atoms with Gasteiger partial charge in [0.1, 0.15) is 0 Å². The number of fused-ring (bicyclic) bond motifs is 1. The third kappa shape index (κ3) is 5.03. The highest BCUT2D eigenvalue weighted by atomic mass is 35.5. The Balaban J connectivity index is 0.00000280. The summed E-state index contributed by atoms with van der Waals surface area (Å²) < 4.78 is 46.9. The smallest absolute Gasteiger partial charge is 0.422 e. The molecule has 0 spiro atoms. The fraction of sp³-hybridized carbons (Fsp3) is 0.632. The van der Waals surface area contributed by atoms with Crippen molar-refractivity contribution in [1.82, 2.24) is 10.6 Å². The van der Waals surface area contributed by atoms with Gasteiger partial charge in [-0.1, -0.05) is 18.9 Å². The van der Waals surface area contributed by atoms with Crippen molar-refractivity contribution in [2.45, 2.75) is 38.4 Å². The number of benzene rings is 1. The molecule has 1 aliphatic heterocycles. The largest absolute Gasteiger partial charge is 0.493 e. The van der Waals surface area contributed by atoms with Crippen LogP contribution in [0.3, 0.4) is 0 Å². The minimum Gasteiger partial charge on any atom is -0.493 e. The molecule has 2 N–H and O–H groups in total. The lowest BCUT2D eigenvalue weighted by atomic mass is 9.67. The van der Waals surface area contributed by atoms with E-state index in [1.807, 2.05) is 0 Å². The van der Waals surface area contributed by atoms with Crippen LogP contribution in [0.5, 0.6) is 11.5 Å². The first-order chi connectivity index (χ1) is 12.8. The fourth-order valence-corrected chi connectivity index (χ4v) is 4.15. The standard InChI is InChI=1S/C19H25F3N2O3.ClH/c1-26-16-8-13(5-6-15(16)27-12-19(20,21)22)9-24-17(25)18-7-3-2-4-14(18)10-23-11-18;/h5-6,8,14,23H,2-4,7,9-12H2,1H3,(H,24,25);1H/t14-,18+;/m0./s1. The maximum absolute atomic E-state index is 12.9. The molecular formula is C19H26ClF3N2O3. The molecule has 1 saturated carbocycles. The Bertz CT molecular complexity index is 687. The van der Waals surface area contributed by atoms with Crippen molar-refractivity contribution in [2.24, 2.45) is 11.3 Å². The van der Waals surface area contributed by atoms with Crippen LogP contribution < -0.4 is 20.1 Å². The first kappa shape index (κ1) is 22.6. The number of hydrogen-bond acceptors (Lipinski definition) is 4. The minimum absolute atomic E-state index is 0. The first-order valence-electron chi connectivity index (χ1n) is 9.19. The first-order valence-corrected chi connectivity index (χ1v) is 9.19. The molecule has 158 valence electrons. The normalized spacial score (nSPS) is 24.1. The van der Waals surface area contributed by atoms with Gasteiger partial charge < -0.3 is 20.1 Å². The van der Waals surface area contributed by atoms with Crippen molar-refractivity contribution in [3.63, 3.8) is 0 Å². The Hall–Kier alpha value is -1.67. The van der Waals surface area contributed by atoms with E-state index in [1.165, 1.54) is 13.2 Å². The molecule has 2 atom stereocenters. The second-order valence-electron chi connectivity index (χ2n) is 7.30. The van der Waals surface area contributed by atoms with Gasteiger partial charge in [0, 0.05) is 13.1 Å². The van der Waals surface area contributed by atoms with Gasteiger partial charge in [0.05, 0.1) is 12.5 Å². The summed E-state index contributed by atoms with van der Waals surface area (Å²) in [5.41, 5.74) is 0.409. The second kappa shape index (κ2) is 9.22. The molecule has 1 aromatic carbocycles. The number of carbonyl (C=O) groups is 1. The number of halogens is 4. The molecule has 0 unspecified atom stereocenters. The molecule has 28 heavy (non-hydrogen) atoms. The summed E-state index contributed by atoms with van der Waals surface area (Å²) in [6.45, 7) is 0.503. The van der Waals surface area contributed by atoms with Crippen molar-refractivity contribution in [3.05, 3.63) is 23.8 Å². The van der Waals surface area contributed by atoms with Crippen LogP contribution >= 0.6 is 12.4 Å². The lowest BCUT2D eigenvalue weighted by molar-refractivity contribution is -0.153. The number of ether oxygens (including phenoxy) is 2. The molecule has 0 radical (unpaired) electrons. The van der Waals surface area contributed by atoms with Gasteiger partial charge in [-0.2, -0.15) is 13.2 Å². The molecule has 3 rings (SSSR count). The summed E-state index contributed by atoms with van der Waals surface area (Å²) in [6, 6.07) is 4.66. The number of rotatable bonds is 6. The molecular weight excluding hydrogens is 397 g/mol. The quantitative estimate of drug-likeness (QED) is 0.737. The highest BCUT2D eigenvalue weighted by molar-refractivity contribution is 5.85.